The minimum absolute atomic E-state index is 0.233. The van der Waals surface area contributed by atoms with E-state index in [4.69, 9.17) is 15.2 Å². The molecule has 1 aliphatic rings. The fourth-order valence-corrected chi connectivity index (χ4v) is 2.49. The van der Waals surface area contributed by atoms with Crippen LogP contribution in [0, 0.1) is 0 Å². The zero-order valence-electron chi connectivity index (χ0n) is 14.2. The van der Waals surface area contributed by atoms with Crippen molar-refractivity contribution in [3.05, 3.63) is 29.6 Å². The third kappa shape index (κ3) is 3.83. The zero-order chi connectivity index (χ0) is 17.1. The number of ether oxygens (including phenoxy) is 2. The Morgan fingerprint density at radius 1 is 1.00 bits per heavy atom. The molecule has 2 N–H and O–H groups in total. The second-order valence-electron chi connectivity index (χ2n) is 5.95. The summed E-state index contributed by atoms with van der Waals surface area (Å²) in [5, 5.41) is 0. The predicted molar refractivity (Wildman–Crippen MR) is 91.2 cm³/mol. The van der Waals surface area contributed by atoms with Crippen molar-refractivity contribution in [2.24, 2.45) is 0 Å². The molecule has 128 valence electrons. The number of nitrogen functional groups attached to an aromatic ring is 1. The van der Waals surface area contributed by atoms with Crippen molar-refractivity contribution in [1.29, 1.82) is 0 Å². The van der Waals surface area contributed by atoms with Crippen molar-refractivity contribution in [2.45, 2.75) is 13.1 Å². The summed E-state index contributed by atoms with van der Waals surface area (Å²) in [5.41, 5.74) is 6.90. The van der Waals surface area contributed by atoms with Gasteiger partial charge < -0.3 is 20.1 Å². The molecule has 0 radical (unpaired) electrons. The van der Waals surface area contributed by atoms with Gasteiger partial charge in [-0.1, -0.05) is 6.07 Å². The first-order valence-electron chi connectivity index (χ1n) is 7.76. The highest BCUT2D eigenvalue weighted by Crippen LogP contribution is 2.31. The lowest BCUT2D eigenvalue weighted by Gasteiger charge is -2.21. The van der Waals surface area contributed by atoms with Crippen LogP contribution in [0.2, 0.25) is 0 Å². The van der Waals surface area contributed by atoms with Crippen LogP contribution in [0.4, 0.5) is 11.9 Å². The molecule has 1 aromatic carbocycles. The lowest BCUT2D eigenvalue weighted by atomic mass is 10.2. The van der Waals surface area contributed by atoms with Crippen LogP contribution in [0.25, 0.3) is 0 Å². The van der Waals surface area contributed by atoms with Crippen molar-refractivity contribution in [1.82, 2.24) is 19.9 Å². The number of nitrogens with two attached hydrogens (primary N) is 1. The van der Waals surface area contributed by atoms with Crippen LogP contribution < -0.4 is 20.1 Å². The summed E-state index contributed by atoms with van der Waals surface area (Å²) >= 11 is 0. The Hall–Kier alpha value is -2.61. The van der Waals surface area contributed by atoms with Gasteiger partial charge in [-0.25, -0.2) is 0 Å². The molecule has 1 aromatic heterocycles. The van der Waals surface area contributed by atoms with Crippen LogP contribution in [0.1, 0.15) is 11.4 Å². The molecule has 24 heavy (non-hydrogen) atoms. The van der Waals surface area contributed by atoms with E-state index >= 15 is 0 Å². The average Bonchev–Trinajstić information content (AvgIpc) is 2.54. The number of benzene rings is 1. The summed E-state index contributed by atoms with van der Waals surface area (Å²) in [6, 6.07) is 6.00. The van der Waals surface area contributed by atoms with E-state index in [0.717, 1.165) is 23.6 Å². The van der Waals surface area contributed by atoms with Gasteiger partial charge in [0.05, 0.1) is 6.54 Å². The van der Waals surface area contributed by atoms with Crippen molar-refractivity contribution < 1.29 is 9.47 Å². The topological polar surface area (TPSA) is 89.6 Å². The molecular weight excluding hydrogens is 308 g/mol. The fraction of sp³-hybridized carbons (Fsp3) is 0.438. The van der Waals surface area contributed by atoms with Gasteiger partial charge in [-0.3, -0.25) is 4.90 Å². The SMILES string of the molecule is CN(Cc1ccc2c(c1)OCCO2)Cc1nc(N)nc(N(C)C)n1. The van der Waals surface area contributed by atoms with Crippen molar-refractivity contribution in [3.8, 4) is 11.5 Å². The summed E-state index contributed by atoms with van der Waals surface area (Å²) in [4.78, 5) is 16.7. The lowest BCUT2D eigenvalue weighted by Crippen LogP contribution is -2.22. The maximum atomic E-state index is 5.76. The third-order valence-corrected chi connectivity index (χ3v) is 3.56. The Labute approximate surface area is 141 Å². The standard InChI is InChI=1S/C16H22N6O2/c1-21(2)16-19-14(18-15(17)20-16)10-22(3)9-11-4-5-12-13(8-11)24-7-6-23-12/h4-5,8H,6-7,9-10H2,1-3H3,(H2,17,18,19,20). The first-order chi connectivity index (χ1) is 11.5. The van der Waals surface area contributed by atoms with Crippen LogP contribution in [0.15, 0.2) is 18.2 Å². The predicted octanol–water partition coefficient (Wildman–Crippen LogP) is 0.923. The number of aromatic nitrogens is 3. The highest BCUT2D eigenvalue weighted by molar-refractivity contribution is 5.43. The molecular formula is C16H22N6O2. The molecule has 0 aliphatic carbocycles. The molecule has 0 fully saturated rings. The van der Waals surface area contributed by atoms with Crippen molar-refractivity contribution >= 4 is 11.9 Å². The van der Waals surface area contributed by atoms with Crippen LogP contribution in [-0.2, 0) is 13.1 Å². The normalized spacial score (nSPS) is 13.2. The second kappa shape index (κ2) is 6.88. The number of hydrogen-bond acceptors (Lipinski definition) is 8. The highest BCUT2D eigenvalue weighted by Gasteiger charge is 2.13. The lowest BCUT2D eigenvalue weighted by molar-refractivity contribution is 0.171. The monoisotopic (exact) mass is 330 g/mol. The molecule has 1 aliphatic heterocycles. The van der Waals surface area contributed by atoms with Crippen molar-refractivity contribution in [2.75, 3.05) is 45.0 Å². The van der Waals surface area contributed by atoms with E-state index in [-0.39, 0.29) is 5.95 Å². The Morgan fingerprint density at radius 3 is 2.50 bits per heavy atom. The van der Waals surface area contributed by atoms with Gasteiger partial charge in [0.2, 0.25) is 11.9 Å². The molecule has 0 atom stereocenters. The first kappa shape index (κ1) is 16.3. The van der Waals surface area contributed by atoms with Crippen LogP contribution in [0.5, 0.6) is 11.5 Å². The van der Waals surface area contributed by atoms with Crippen molar-refractivity contribution in [3.63, 3.8) is 0 Å². The minimum atomic E-state index is 0.233. The van der Waals surface area contributed by atoms with Gasteiger partial charge in [0.1, 0.15) is 19.0 Å². The van der Waals surface area contributed by atoms with Gasteiger partial charge in [-0.15, -0.1) is 0 Å². The molecule has 8 nitrogen and oxygen atoms in total. The summed E-state index contributed by atoms with van der Waals surface area (Å²) in [5.74, 6) is 3.04. The van der Waals surface area contributed by atoms with Gasteiger partial charge in [0.15, 0.2) is 11.5 Å². The van der Waals surface area contributed by atoms with Gasteiger partial charge in [0.25, 0.3) is 0 Å². The molecule has 0 saturated carbocycles. The van der Waals surface area contributed by atoms with E-state index in [2.05, 4.69) is 19.9 Å². The third-order valence-electron chi connectivity index (χ3n) is 3.56. The number of anilines is 2. The van der Waals surface area contributed by atoms with Crippen LogP contribution >= 0.6 is 0 Å². The number of fused-ring (bicyclic) bond motifs is 1. The van der Waals surface area contributed by atoms with E-state index in [1.54, 1.807) is 0 Å². The average molecular weight is 330 g/mol. The van der Waals surface area contributed by atoms with E-state index in [1.807, 2.05) is 44.2 Å². The summed E-state index contributed by atoms with van der Waals surface area (Å²) < 4.78 is 11.2. The first-order valence-corrected chi connectivity index (χ1v) is 7.76. The molecule has 2 heterocycles. The molecule has 0 saturated heterocycles. The largest absolute Gasteiger partial charge is 0.486 e. The maximum Gasteiger partial charge on any atom is 0.229 e. The molecule has 2 aromatic rings. The van der Waals surface area contributed by atoms with Gasteiger partial charge in [-0.2, -0.15) is 15.0 Å². The second-order valence-corrected chi connectivity index (χ2v) is 5.95. The van der Waals surface area contributed by atoms with Crippen LogP contribution in [-0.4, -0.2) is 54.2 Å². The molecule has 0 spiro atoms. The summed E-state index contributed by atoms with van der Waals surface area (Å²) in [6.07, 6.45) is 0. The van der Waals surface area contributed by atoms with E-state index in [0.29, 0.717) is 31.5 Å². The molecule has 0 unspecified atom stereocenters. The number of rotatable bonds is 5. The molecule has 0 amide bonds. The fourth-order valence-electron chi connectivity index (χ4n) is 2.49. The van der Waals surface area contributed by atoms with E-state index < -0.39 is 0 Å². The quantitative estimate of drug-likeness (QED) is 0.866. The summed E-state index contributed by atoms with van der Waals surface area (Å²) in [7, 11) is 5.75. The smallest absolute Gasteiger partial charge is 0.229 e. The van der Waals surface area contributed by atoms with E-state index in [1.165, 1.54) is 0 Å². The minimum Gasteiger partial charge on any atom is -0.486 e. The molecule has 3 rings (SSSR count). The molecule has 8 heteroatoms. The zero-order valence-corrected chi connectivity index (χ0v) is 14.2. The Balaban J connectivity index is 1.68. The number of hydrogen-bond donors (Lipinski definition) is 1. The van der Waals surface area contributed by atoms with Crippen LogP contribution in [0.3, 0.4) is 0 Å². The van der Waals surface area contributed by atoms with Gasteiger partial charge >= 0.3 is 0 Å². The Bertz CT molecular complexity index is 722. The Kier molecular flexibility index (Phi) is 4.66. The van der Waals surface area contributed by atoms with Gasteiger partial charge in [-0.05, 0) is 24.7 Å². The summed E-state index contributed by atoms with van der Waals surface area (Å²) in [6.45, 7) is 2.49. The Morgan fingerprint density at radius 2 is 1.75 bits per heavy atom. The highest BCUT2D eigenvalue weighted by atomic mass is 16.6. The maximum absolute atomic E-state index is 5.76. The van der Waals surface area contributed by atoms with E-state index in [9.17, 15) is 0 Å². The molecule has 0 bridgehead atoms. The number of nitrogens with zero attached hydrogens (tertiary/aromatic N) is 5. The van der Waals surface area contributed by atoms with Gasteiger partial charge in [0, 0.05) is 20.6 Å².